The second kappa shape index (κ2) is 7.60. The number of hydrogen-bond acceptors (Lipinski definition) is 4. The number of aryl methyl sites for hydroxylation is 1. The molecule has 144 valence electrons. The van der Waals surface area contributed by atoms with Crippen molar-refractivity contribution < 1.29 is 17.9 Å². The van der Waals surface area contributed by atoms with Gasteiger partial charge in [0.25, 0.3) is 5.91 Å². The smallest absolute Gasteiger partial charge is 0.265 e. The van der Waals surface area contributed by atoms with Gasteiger partial charge in [-0.25, -0.2) is 8.42 Å². The Kier molecular flexibility index (Phi) is 5.41. The summed E-state index contributed by atoms with van der Waals surface area (Å²) in [4.78, 5) is 14.5. The molecule has 0 saturated heterocycles. The van der Waals surface area contributed by atoms with Gasteiger partial charge in [-0.2, -0.15) is 0 Å². The summed E-state index contributed by atoms with van der Waals surface area (Å²) < 4.78 is 32.2. The Labute approximate surface area is 160 Å². The van der Waals surface area contributed by atoms with E-state index in [-0.39, 0.29) is 18.2 Å². The highest BCUT2D eigenvalue weighted by Gasteiger charge is 2.37. The van der Waals surface area contributed by atoms with Crippen LogP contribution in [0.15, 0.2) is 48.5 Å². The van der Waals surface area contributed by atoms with Gasteiger partial charge in [0.05, 0.1) is 18.0 Å². The van der Waals surface area contributed by atoms with Crippen molar-refractivity contribution in [2.75, 3.05) is 23.7 Å². The SMILES string of the molecule is CCS(=O)(=O)N1CC(C(=O)N(C)Cc2ccc(C)cc2)Oc2ccccc21. The minimum absolute atomic E-state index is 0.0236. The maximum atomic E-state index is 12.9. The fraction of sp³-hybridized carbons (Fsp3) is 0.350. The summed E-state index contributed by atoms with van der Waals surface area (Å²) in [5.41, 5.74) is 2.63. The van der Waals surface area contributed by atoms with E-state index in [9.17, 15) is 13.2 Å². The first-order valence-corrected chi connectivity index (χ1v) is 10.5. The monoisotopic (exact) mass is 388 g/mol. The predicted molar refractivity (Wildman–Crippen MR) is 105 cm³/mol. The van der Waals surface area contributed by atoms with Crippen molar-refractivity contribution in [1.82, 2.24) is 4.90 Å². The number of para-hydroxylation sites is 2. The first-order valence-electron chi connectivity index (χ1n) is 8.88. The molecule has 1 atom stereocenters. The zero-order valence-electron chi connectivity index (χ0n) is 15.8. The summed E-state index contributed by atoms with van der Waals surface area (Å²) in [5.74, 6) is 0.116. The van der Waals surface area contributed by atoms with Crippen LogP contribution in [0.5, 0.6) is 5.75 Å². The van der Waals surface area contributed by atoms with E-state index in [1.807, 2.05) is 31.2 Å². The van der Waals surface area contributed by atoms with Gasteiger partial charge in [0.1, 0.15) is 5.75 Å². The molecular formula is C20H24N2O4S. The number of likely N-dealkylation sites (N-methyl/N-ethyl adjacent to an activating group) is 1. The van der Waals surface area contributed by atoms with Crippen molar-refractivity contribution in [2.24, 2.45) is 0 Å². The Balaban J connectivity index is 1.82. The minimum atomic E-state index is -3.51. The Bertz CT molecular complexity index is 925. The molecule has 1 unspecified atom stereocenters. The number of ether oxygens (including phenoxy) is 1. The number of sulfonamides is 1. The lowest BCUT2D eigenvalue weighted by molar-refractivity contribution is -0.137. The van der Waals surface area contributed by atoms with Crippen molar-refractivity contribution in [1.29, 1.82) is 0 Å². The number of nitrogens with zero attached hydrogens (tertiary/aromatic N) is 2. The highest BCUT2D eigenvalue weighted by atomic mass is 32.2. The number of hydrogen-bond donors (Lipinski definition) is 0. The normalized spacial score (nSPS) is 16.4. The number of fused-ring (bicyclic) bond motifs is 1. The molecular weight excluding hydrogens is 364 g/mol. The van der Waals surface area contributed by atoms with Crippen LogP contribution in [0, 0.1) is 6.92 Å². The van der Waals surface area contributed by atoms with Crippen LogP contribution >= 0.6 is 0 Å². The van der Waals surface area contributed by atoms with Gasteiger partial charge in [0, 0.05) is 13.6 Å². The number of amides is 1. The molecule has 0 aliphatic carbocycles. The third kappa shape index (κ3) is 4.08. The van der Waals surface area contributed by atoms with E-state index in [0.717, 1.165) is 11.1 Å². The van der Waals surface area contributed by atoms with Crippen molar-refractivity contribution in [3.8, 4) is 5.75 Å². The summed E-state index contributed by atoms with van der Waals surface area (Å²) in [5, 5.41) is 0. The number of rotatable bonds is 5. The summed E-state index contributed by atoms with van der Waals surface area (Å²) in [6.45, 7) is 4.01. The molecule has 0 fully saturated rings. The van der Waals surface area contributed by atoms with E-state index in [4.69, 9.17) is 4.74 Å². The van der Waals surface area contributed by atoms with E-state index < -0.39 is 16.1 Å². The molecule has 6 nitrogen and oxygen atoms in total. The summed E-state index contributed by atoms with van der Waals surface area (Å²) in [6, 6.07) is 14.8. The van der Waals surface area contributed by atoms with E-state index >= 15 is 0 Å². The Hall–Kier alpha value is -2.54. The van der Waals surface area contributed by atoms with E-state index in [2.05, 4.69) is 0 Å². The van der Waals surface area contributed by atoms with E-state index in [0.29, 0.717) is 18.0 Å². The Morgan fingerprint density at radius 3 is 2.52 bits per heavy atom. The second-order valence-electron chi connectivity index (χ2n) is 6.69. The molecule has 0 N–H and O–H groups in total. The molecule has 0 bridgehead atoms. The molecule has 2 aromatic rings. The van der Waals surface area contributed by atoms with Crippen LogP contribution in [0.4, 0.5) is 5.69 Å². The Morgan fingerprint density at radius 1 is 1.19 bits per heavy atom. The van der Waals surface area contributed by atoms with Crippen molar-refractivity contribution in [2.45, 2.75) is 26.5 Å². The number of anilines is 1. The zero-order valence-corrected chi connectivity index (χ0v) is 16.6. The van der Waals surface area contributed by atoms with Gasteiger partial charge in [-0.15, -0.1) is 0 Å². The van der Waals surface area contributed by atoms with Crippen LogP contribution in [0.1, 0.15) is 18.1 Å². The van der Waals surface area contributed by atoms with Crippen LogP contribution in [0.3, 0.4) is 0 Å². The first-order chi connectivity index (χ1) is 12.8. The van der Waals surface area contributed by atoms with Crippen molar-refractivity contribution in [3.63, 3.8) is 0 Å². The van der Waals surface area contributed by atoms with Crippen molar-refractivity contribution in [3.05, 3.63) is 59.7 Å². The first kappa shape index (κ1) is 19.2. The third-order valence-corrected chi connectivity index (χ3v) is 6.37. The molecule has 3 rings (SSSR count). The molecule has 1 amide bonds. The highest BCUT2D eigenvalue weighted by Crippen LogP contribution is 2.35. The zero-order chi connectivity index (χ0) is 19.6. The molecule has 27 heavy (non-hydrogen) atoms. The summed E-state index contributed by atoms with van der Waals surface area (Å²) in [7, 11) is -1.81. The maximum Gasteiger partial charge on any atom is 0.265 e. The van der Waals surface area contributed by atoms with Gasteiger partial charge < -0.3 is 9.64 Å². The predicted octanol–water partition coefficient (Wildman–Crippen LogP) is 2.57. The van der Waals surface area contributed by atoms with Gasteiger partial charge >= 0.3 is 0 Å². The topological polar surface area (TPSA) is 66.9 Å². The van der Waals surface area contributed by atoms with Gasteiger partial charge in [-0.3, -0.25) is 9.10 Å². The second-order valence-corrected chi connectivity index (χ2v) is 8.87. The average molecular weight is 388 g/mol. The minimum Gasteiger partial charge on any atom is -0.476 e. The van der Waals surface area contributed by atoms with Crippen LogP contribution in [0.2, 0.25) is 0 Å². The molecule has 0 saturated carbocycles. The van der Waals surface area contributed by atoms with Crippen LogP contribution in [-0.2, 0) is 21.4 Å². The molecule has 1 heterocycles. The lowest BCUT2D eigenvalue weighted by Crippen LogP contribution is -2.51. The molecule has 1 aliphatic rings. The number of carbonyl (C=O) groups excluding carboxylic acids is 1. The standard InChI is InChI=1S/C20H24N2O4S/c1-4-27(24,25)22-14-19(26-18-8-6-5-7-17(18)22)20(23)21(3)13-16-11-9-15(2)10-12-16/h5-12,19H,4,13-14H2,1-3H3. The third-order valence-electron chi connectivity index (χ3n) is 4.63. The molecule has 2 aromatic carbocycles. The lowest BCUT2D eigenvalue weighted by atomic mass is 10.1. The fourth-order valence-corrected chi connectivity index (χ4v) is 4.17. The van der Waals surface area contributed by atoms with Gasteiger partial charge in [0.2, 0.25) is 10.0 Å². The molecule has 0 spiro atoms. The molecule has 7 heteroatoms. The highest BCUT2D eigenvalue weighted by molar-refractivity contribution is 7.92. The van der Waals surface area contributed by atoms with Crippen LogP contribution in [-0.4, -0.2) is 44.7 Å². The van der Waals surface area contributed by atoms with Crippen LogP contribution in [0.25, 0.3) is 0 Å². The van der Waals surface area contributed by atoms with E-state index in [1.54, 1.807) is 43.1 Å². The molecule has 1 aliphatic heterocycles. The number of benzene rings is 2. The molecule has 0 aromatic heterocycles. The Morgan fingerprint density at radius 2 is 1.85 bits per heavy atom. The summed E-state index contributed by atoms with van der Waals surface area (Å²) in [6.07, 6.45) is -0.878. The number of carbonyl (C=O) groups is 1. The lowest BCUT2D eigenvalue weighted by Gasteiger charge is -2.36. The van der Waals surface area contributed by atoms with Gasteiger partial charge in [0.15, 0.2) is 6.10 Å². The average Bonchev–Trinajstić information content (AvgIpc) is 2.68. The van der Waals surface area contributed by atoms with Crippen molar-refractivity contribution >= 4 is 21.6 Å². The van der Waals surface area contributed by atoms with Gasteiger partial charge in [-0.05, 0) is 31.5 Å². The maximum absolute atomic E-state index is 12.9. The van der Waals surface area contributed by atoms with Crippen LogP contribution < -0.4 is 9.04 Å². The largest absolute Gasteiger partial charge is 0.476 e. The summed E-state index contributed by atoms with van der Waals surface area (Å²) >= 11 is 0. The fourth-order valence-electron chi connectivity index (χ4n) is 3.04. The molecule has 0 radical (unpaired) electrons. The van der Waals surface area contributed by atoms with E-state index in [1.165, 1.54) is 4.31 Å². The van der Waals surface area contributed by atoms with Gasteiger partial charge in [-0.1, -0.05) is 42.0 Å². The quantitative estimate of drug-likeness (QED) is 0.790.